The van der Waals surface area contributed by atoms with Crippen molar-refractivity contribution in [2.75, 3.05) is 5.32 Å². The number of nitrogens with zero attached hydrogens (tertiary/aromatic N) is 5. The zero-order valence-electron chi connectivity index (χ0n) is 11.9. The van der Waals surface area contributed by atoms with Crippen LogP contribution in [-0.2, 0) is 25.6 Å². The van der Waals surface area contributed by atoms with Crippen LogP contribution in [-0.4, -0.2) is 30.8 Å². The molecule has 118 valence electrons. The molecule has 22 heavy (non-hydrogen) atoms. The first-order valence-electron chi connectivity index (χ1n) is 7.05. The second-order valence-corrected chi connectivity index (χ2v) is 5.14. The Kier molecular flexibility index (Phi) is 3.71. The zero-order chi connectivity index (χ0) is 15.7. The van der Waals surface area contributed by atoms with Crippen LogP contribution < -0.4 is 5.32 Å². The lowest BCUT2D eigenvalue weighted by atomic mass is 10.1. The molecule has 9 heteroatoms. The van der Waals surface area contributed by atoms with E-state index in [9.17, 15) is 13.2 Å². The molecule has 0 spiro atoms. The molecule has 2 aromatic heterocycles. The second kappa shape index (κ2) is 5.54. The van der Waals surface area contributed by atoms with E-state index in [1.807, 2.05) is 11.5 Å². The van der Waals surface area contributed by atoms with Gasteiger partial charge in [-0.1, -0.05) is 6.92 Å². The molecule has 0 aromatic carbocycles. The van der Waals surface area contributed by atoms with Crippen LogP contribution in [0, 0.1) is 0 Å². The Morgan fingerprint density at radius 2 is 2.18 bits per heavy atom. The van der Waals surface area contributed by atoms with E-state index in [-0.39, 0.29) is 12.0 Å². The highest BCUT2D eigenvalue weighted by Gasteiger charge is 2.33. The maximum Gasteiger partial charge on any atom is 0.433 e. The van der Waals surface area contributed by atoms with Gasteiger partial charge >= 0.3 is 6.18 Å². The summed E-state index contributed by atoms with van der Waals surface area (Å²) in [4.78, 5) is 7.41. The minimum absolute atomic E-state index is 0.00519. The highest BCUT2D eigenvalue weighted by atomic mass is 19.4. The molecule has 0 aliphatic carbocycles. The molecule has 0 fully saturated rings. The molecule has 2 aromatic rings. The summed E-state index contributed by atoms with van der Waals surface area (Å²) >= 11 is 0. The lowest BCUT2D eigenvalue weighted by Gasteiger charge is -2.25. The van der Waals surface area contributed by atoms with Gasteiger partial charge in [0.15, 0.2) is 0 Å². The van der Waals surface area contributed by atoms with Gasteiger partial charge in [0, 0.05) is 31.6 Å². The first kappa shape index (κ1) is 14.7. The zero-order valence-corrected chi connectivity index (χ0v) is 11.9. The lowest BCUT2D eigenvalue weighted by molar-refractivity contribution is -0.141. The van der Waals surface area contributed by atoms with Gasteiger partial charge in [-0.2, -0.15) is 13.2 Å². The fourth-order valence-electron chi connectivity index (χ4n) is 2.53. The number of alkyl halides is 3. The van der Waals surface area contributed by atoms with E-state index in [1.54, 1.807) is 0 Å². The SMILES string of the molecule is CCc1nnc2n1C[C@@H](Nc1nccc(C(F)(F)F)n1)CC2. The van der Waals surface area contributed by atoms with Gasteiger partial charge < -0.3 is 9.88 Å². The third kappa shape index (κ3) is 2.88. The Labute approximate surface area is 124 Å². The van der Waals surface area contributed by atoms with Crippen LogP contribution in [0.3, 0.4) is 0 Å². The normalized spacial score (nSPS) is 18.1. The Morgan fingerprint density at radius 3 is 2.91 bits per heavy atom. The predicted octanol–water partition coefficient (Wildman–Crippen LogP) is 2.08. The molecule has 1 aliphatic heterocycles. The minimum atomic E-state index is -4.47. The number of aromatic nitrogens is 5. The average Bonchev–Trinajstić information content (AvgIpc) is 2.89. The summed E-state index contributed by atoms with van der Waals surface area (Å²) in [5.41, 5.74) is -0.944. The Morgan fingerprint density at radius 1 is 1.36 bits per heavy atom. The number of anilines is 1. The minimum Gasteiger partial charge on any atom is -0.350 e. The van der Waals surface area contributed by atoms with E-state index in [0.29, 0.717) is 6.54 Å². The van der Waals surface area contributed by atoms with Gasteiger partial charge in [0.25, 0.3) is 0 Å². The van der Waals surface area contributed by atoms with Crippen LogP contribution in [0.1, 0.15) is 30.7 Å². The van der Waals surface area contributed by atoms with Crippen LogP contribution in [0.4, 0.5) is 19.1 Å². The average molecular weight is 312 g/mol. The summed E-state index contributed by atoms with van der Waals surface area (Å²) in [7, 11) is 0. The number of rotatable bonds is 3. The van der Waals surface area contributed by atoms with Gasteiger partial charge in [-0.25, -0.2) is 9.97 Å². The first-order chi connectivity index (χ1) is 10.5. The van der Waals surface area contributed by atoms with Crippen LogP contribution >= 0.6 is 0 Å². The molecular weight excluding hydrogens is 297 g/mol. The Balaban J connectivity index is 1.75. The van der Waals surface area contributed by atoms with Crippen molar-refractivity contribution in [3.63, 3.8) is 0 Å². The Hall–Kier alpha value is -2.19. The summed E-state index contributed by atoms with van der Waals surface area (Å²) in [5.74, 6) is 1.79. The molecule has 0 bridgehead atoms. The fraction of sp³-hybridized carbons (Fsp3) is 0.538. The standard InChI is InChI=1S/C13H15F3N6/c1-2-10-20-21-11-4-3-8(7-22(10)11)18-12-17-6-5-9(19-12)13(14,15)16/h5-6,8H,2-4,7H2,1H3,(H,17,18,19)/t8-/m0/s1. The van der Waals surface area contributed by atoms with Crippen molar-refractivity contribution < 1.29 is 13.2 Å². The van der Waals surface area contributed by atoms with E-state index < -0.39 is 11.9 Å². The maximum atomic E-state index is 12.7. The van der Waals surface area contributed by atoms with Crippen LogP contribution in [0.15, 0.2) is 12.3 Å². The number of fused-ring (bicyclic) bond motifs is 1. The molecule has 1 aliphatic rings. The monoisotopic (exact) mass is 312 g/mol. The Bertz CT molecular complexity index is 653. The van der Waals surface area contributed by atoms with Gasteiger partial charge in [0.2, 0.25) is 5.95 Å². The highest BCUT2D eigenvalue weighted by Crippen LogP contribution is 2.28. The van der Waals surface area contributed by atoms with E-state index in [2.05, 4.69) is 25.5 Å². The molecule has 0 radical (unpaired) electrons. The quantitative estimate of drug-likeness (QED) is 0.940. The topological polar surface area (TPSA) is 68.5 Å². The fourth-order valence-corrected chi connectivity index (χ4v) is 2.53. The maximum absolute atomic E-state index is 12.7. The van der Waals surface area contributed by atoms with E-state index in [0.717, 1.165) is 43.2 Å². The van der Waals surface area contributed by atoms with Gasteiger partial charge in [-0.05, 0) is 12.5 Å². The lowest BCUT2D eigenvalue weighted by Crippen LogP contribution is -2.33. The van der Waals surface area contributed by atoms with Crippen molar-refractivity contribution in [1.82, 2.24) is 24.7 Å². The molecule has 0 unspecified atom stereocenters. The number of halogens is 3. The molecular formula is C13H15F3N6. The molecule has 1 atom stereocenters. The predicted molar refractivity (Wildman–Crippen MR) is 72.2 cm³/mol. The van der Waals surface area contributed by atoms with Crippen LogP contribution in [0.5, 0.6) is 0 Å². The van der Waals surface area contributed by atoms with E-state index >= 15 is 0 Å². The third-order valence-electron chi connectivity index (χ3n) is 3.62. The van der Waals surface area contributed by atoms with Crippen LogP contribution in [0.2, 0.25) is 0 Å². The number of hydrogen-bond donors (Lipinski definition) is 1. The first-order valence-corrected chi connectivity index (χ1v) is 7.05. The largest absolute Gasteiger partial charge is 0.433 e. The number of hydrogen-bond acceptors (Lipinski definition) is 5. The summed E-state index contributed by atoms with van der Waals surface area (Å²) in [6, 6.07) is 0.816. The summed E-state index contributed by atoms with van der Waals surface area (Å²) in [6.45, 7) is 2.59. The van der Waals surface area contributed by atoms with Crippen molar-refractivity contribution in [3.8, 4) is 0 Å². The van der Waals surface area contributed by atoms with Crippen molar-refractivity contribution in [1.29, 1.82) is 0 Å². The van der Waals surface area contributed by atoms with Gasteiger partial charge in [0.05, 0.1) is 0 Å². The van der Waals surface area contributed by atoms with Crippen molar-refractivity contribution in [3.05, 3.63) is 29.6 Å². The highest BCUT2D eigenvalue weighted by molar-refractivity contribution is 5.28. The smallest absolute Gasteiger partial charge is 0.350 e. The molecule has 0 saturated carbocycles. The van der Waals surface area contributed by atoms with E-state index in [4.69, 9.17) is 0 Å². The number of nitrogens with one attached hydrogen (secondary N) is 1. The second-order valence-electron chi connectivity index (χ2n) is 5.14. The molecule has 0 amide bonds. The van der Waals surface area contributed by atoms with Gasteiger partial charge in [-0.3, -0.25) is 0 Å². The third-order valence-corrected chi connectivity index (χ3v) is 3.62. The molecule has 6 nitrogen and oxygen atoms in total. The summed E-state index contributed by atoms with van der Waals surface area (Å²) in [6.07, 6.45) is -1.11. The number of aryl methyl sites for hydroxylation is 2. The van der Waals surface area contributed by atoms with Gasteiger partial charge in [-0.15, -0.1) is 10.2 Å². The molecule has 3 heterocycles. The summed E-state index contributed by atoms with van der Waals surface area (Å²) < 4.78 is 40.0. The van der Waals surface area contributed by atoms with E-state index in [1.165, 1.54) is 0 Å². The van der Waals surface area contributed by atoms with Crippen molar-refractivity contribution in [2.45, 2.75) is 44.9 Å². The molecule has 3 rings (SSSR count). The molecule has 1 N–H and O–H groups in total. The van der Waals surface area contributed by atoms with Crippen molar-refractivity contribution in [2.24, 2.45) is 0 Å². The van der Waals surface area contributed by atoms with Crippen molar-refractivity contribution >= 4 is 5.95 Å². The van der Waals surface area contributed by atoms with Crippen LogP contribution in [0.25, 0.3) is 0 Å². The summed E-state index contributed by atoms with van der Waals surface area (Å²) in [5, 5.41) is 11.2. The van der Waals surface area contributed by atoms with Gasteiger partial charge in [0.1, 0.15) is 17.3 Å². The molecule has 0 saturated heterocycles.